The van der Waals surface area contributed by atoms with E-state index in [0.29, 0.717) is 6.61 Å². The highest BCUT2D eigenvalue weighted by Crippen LogP contribution is 2.13. The molecule has 19 heavy (non-hydrogen) atoms. The van der Waals surface area contributed by atoms with Crippen molar-refractivity contribution in [2.24, 2.45) is 0 Å². The van der Waals surface area contributed by atoms with Crippen LogP contribution < -0.4 is 0 Å². The second-order valence-electron chi connectivity index (χ2n) is 4.45. The number of hydrogen-bond donors (Lipinski definition) is 0. The maximum Gasteiger partial charge on any atom is 0.0948 e. The lowest BCUT2D eigenvalue weighted by Crippen LogP contribution is -2.04. The van der Waals surface area contributed by atoms with Crippen LogP contribution in [0.5, 0.6) is 0 Å². The van der Waals surface area contributed by atoms with E-state index in [0.717, 1.165) is 24.2 Å². The number of methoxy groups -OCH3 is 1. The molecule has 0 saturated carbocycles. The molecule has 0 aliphatic rings. The molecule has 2 heteroatoms. The van der Waals surface area contributed by atoms with Gasteiger partial charge < -0.3 is 9.47 Å². The number of allylic oxidation sites excluding steroid dienone is 1. The molecule has 0 aliphatic carbocycles. The first-order chi connectivity index (χ1) is 9.19. The summed E-state index contributed by atoms with van der Waals surface area (Å²) in [5.74, 6) is 1.00. The van der Waals surface area contributed by atoms with Gasteiger partial charge in [-0.05, 0) is 37.5 Å². The van der Waals surface area contributed by atoms with Gasteiger partial charge in [-0.15, -0.1) is 0 Å². The van der Waals surface area contributed by atoms with Crippen LogP contribution in [0.4, 0.5) is 0 Å². The van der Waals surface area contributed by atoms with Crippen molar-refractivity contribution >= 4 is 6.08 Å². The second kappa shape index (κ2) is 8.54. The lowest BCUT2D eigenvalue weighted by Gasteiger charge is -2.11. The summed E-state index contributed by atoms with van der Waals surface area (Å²) in [6, 6.07) is 8.45. The molecule has 1 aromatic rings. The zero-order valence-corrected chi connectivity index (χ0v) is 12.2. The minimum atomic E-state index is 0.0877. The highest BCUT2D eigenvalue weighted by Gasteiger charge is 2.03. The Morgan fingerprint density at radius 2 is 2.00 bits per heavy atom. The second-order valence-corrected chi connectivity index (χ2v) is 4.45. The molecule has 0 radical (unpaired) electrons. The zero-order valence-electron chi connectivity index (χ0n) is 12.2. The summed E-state index contributed by atoms with van der Waals surface area (Å²) in [6.07, 6.45) is 5.86. The maximum absolute atomic E-state index is 5.65. The lowest BCUT2D eigenvalue weighted by atomic mass is 10.1. The first kappa shape index (κ1) is 15.5. The third-order valence-corrected chi connectivity index (χ3v) is 3.00. The maximum atomic E-state index is 5.65. The summed E-state index contributed by atoms with van der Waals surface area (Å²) in [7, 11) is 1.71. The van der Waals surface area contributed by atoms with Crippen molar-refractivity contribution in [1.82, 2.24) is 0 Å². The predicted molar refractivity (Wildman–Crippen MR) is 81.0 cm³/mol. The standard InChI is InChI=1S/C17H24O2/c1-5-15-7-9-16(10-8-15)11-12-17(19-6-2)13-14(3)18-4/h5,7-10,13-14H,1,6,11-12H2,2-4H3. The molecule has 1 atom stereocenters. The van der Waals surface area contributed by atoms with Crippen LogP contribution in [0.1, 0.15) is 31.4 Å². The molecule has 2 nitrogen and oxygen atoms in total. The molecule has 0 heterocycles. The van der Waals surface area contributed by atoms with Crippen LogP contribution >= 0.6 is 0 Å². The van der Waals surface area contributed by atoms with E-state index < -0.39 is 0 Å². The van der Waals surface area contributed by atoms with Crippen molar-refractivity contribution in [2.45, 2.75) is 32.8 Å². The van der Waals surface area contributed by atoms with Gasteiger partial charge in [-0.25, -0.2) is 0 Å². The Bertz CT molecular complexity index is 404. The van der Waals surface area contributed by atoms with E-state index in [1.807, 2.05) is 26.0 Å². The van der Waals surface area contributed by atoms with Gasteiger partial charge in [0.25, 0.3) is 0 Å². The minimum Gasteiger partial charge on any atom is -0.498 e. The smallest absolute Gasteiger partial charge is 0.0948 e. The van der Waals surface area contributed by atoms with Gasteiger partial charge in [0.1, 0.15) is 0 Å². The molecular formula is C17H24O2. The summed E-state index contributed by atoms with van der Waals surface area (Å²) in [6.45, 7) is 8.47. The quantitative estimate of drug-likeness (QED) is 0.652. The number of rotatable bonds is 8. The number of aryl methyl sites for hydroxylation is 1. The topological polar surface area (TPSA) is 18.5 Å². The molecule has 0 N–H and O–H groups in total. The van der Waals surface area contributed by atoms with Crippen molar-refractivity contribution in [3.63, 3.8) is 0 Å². The molecule has 1 rings (SSSR count). The molecule has 0 fully saturated rings. The fourth-order valence-electron chi connectivity index (χ4n) is 1.81. The normalized spacial score (nSPS) is 13.1. The minimum absolute atomic E-state index is 0.0877. The van der Waals surface area contributed by atoms with E-state index in [1.54, 1.807) is 7.11 Å². The van der Waals surface area contributed by atoms with Crippen LogP contribution in [0.2, 0.25) is 0 Å². The molecule has 0 bridgehead atoms. The molecule has 0 spiro atoms. The zero-order chi connectivity index (χ0) is 14.1. The van der Waals surface area contributed by atoms with Gasteiger partial charge in [0, 0.05) is 13.5 Å². The molecule has 0 saturated heterocycles. The fourth-order valence-corrected chi connectivity index (χ4v) is 1.81. The van der Waals surface area contributed by atoms with Gasteiger partial charge in [0.15, 0.2) is 0 Å². The molecular weight excluding hydrogens is 236 g/mol. The largest absolute Gasteiger partial charge is 0.498 e. The van der Waals surface area contributed by atoms with Gasteiger partial charge in [-0.1, -0.05) is 36.9 Å². The van der Waals surface area contributed by atoms with Crippen molar-refractivity contribution < 1.29 is 9.47 Å². The third-order valence-electron chi connectivity index (χ3n) is 3.00. The Morgan fingerprint density at radius 1 is 1.32 bits per heavy atom. The predicted octanol–water partition coefficient (Wildman–Crippen LogP) is 4.22. The van der Waals surface area contributed by atoms with Gasteiger partial charge in [0.05, 0.1) is 18.5 Å². The Morgan fingerprint density at radius 3 is 2.53 bits per heavy atom. The van der Waals surface area contributed by atoms with E-state index in [4.69, 9.17) is 9.47 Å². The first-order valence-corrected chi connectivity index (χ1v) is 6.77. The highest BCUT2D eigenvalue weighted by atomic mass is 16.5. The van der Waals surface area contributed by atoms with E-state index >= 15 is 0 Å². The lowest BCUT2D eigenvalue weighted by molar-refractivity contribution is 0.145. The molecule has 0 aromatic heterocycles. The summed E-state index contributed by atoms with van der Waals surface area (Å²) >= 11 is 0. The fraction of sp³-hybridized carbons (Fsp3) is 0.412. The Kier molecular flexibility index (Phi) is 6.98. The van der Waals surface area contributed by atoms with Crippen LogP contribution in [0, 0.1) is 0 Å². The molecule has 0 amide bonds. The summed E-state index contributed by atoms with van der Waals surface area (Å²) in [5.41, 5.74) is 2.46. The summed E-state index contributed by atoms with van der Waals surface area (Å²) < 4.78 is 10.9. The van der Waals surface area contributed by atoms with Crippen molar-refractivity contribution in [1.29, 1.82) is 0 Å². The molecule has 104 valence electrons. The van der Waals surface area contributed by atoms with Crippen molar-refractivity contribution in [3.05, 3.63) is 53.8 Å². The first-order valence-electron chi connectivity index (χ1n) is 6.77. The molecule has 1 aromatic carbocycles. The van der Waals surface area contributed by atoms with Gasteiger partial charge in [0.2, 0.25) is 0 Å². The average Bonchev–Trinajstić information content (AvgIpc) is 2.45. The van der Waals surface area contributed by atoms with Crippen LogP contribution in [0.3, 0.4) is 0 Å². The van der Waals surface area contributed by atoms with Crippen LogP contribution in [-0.4, -0.2) is 19.8 Å². The van der Waals surface area contributed by atoms with Crippen LogP contribution in [0.15, 0.2) is 42.7 Å². The van der Waals surface area contributed by atoms with E-state index in [9.17, 15) is 0 Å². The van der Waals surface area contributed by atoms with Gasteiger partial charge in [-0.2, -0.15) is 0 Å². The summed E-state index contributed by atoms with van der Waals surface area (Å²) in [5, 5.41) is 0. The van der Waals surface area contributed by atoms with Crippen LogP contribution in [0.25, 0.3) is 6.08 Å². The van der Waals surface area contributed by atoms with E-state index in [2.05, 4.69) is 30.8 Å². The van der Waals surface area contributed by atoms with E-state index in [1.165, 1.54) is 5.56 Å². The monoisotopic (exact) mass is 260 g/mol. The Balaban J connectivity index is 2.59. The Labute approximate surface area is 116 Å². The van der Waals surface area contributed by atoms with Gasteiger partial charge >= 0.3 is 0 Å². The third kappa shape index (κ3) is 5.75. The van der Waals surface area contributed by atoms with E-state index in [-0.39, 0.29) is 6.10 Å². The number of hydrogen-bond acceptors (Lipinski definition) is 2. The van der Waals surface area contributed by atoms with Crippen molar-refractivity contribution in [2.75, 3.05) is 13.7 Å². The SMILES string of the molecule is C=Cc1ccc(CCC(=CC(C)OC)OCC)cc1. The molecule has 1 unspecified atom stereocenters. The Hall–Kier alpha value is -1.54. The highest BCUT2D eigenvalue weighted by molar-refractivity contribution is 5.47. The average molecular weight is 260 g/mol. The van der Waals surface area contributed by atoms with Gasteiger partial charge in [-0.3, -0.25) is 0 Å². The number of ether oxygens (including phenoxy) is 2. The molecule has 0 aliphatic heterocycles. The van der Waals surface area contributed by atoms with Crippen molar-refractivity contribution in [3.8, 4) is 0 Å². The summed E-state index contributed by atoms with van der Waals surface area (Å²) in [4.78, 5) is 0. The number of benzene rings is 1. The van der Waals surface area contributed by atoms with Crippen LogP contribution in [-0.2, 0) is 15.9 Å².